The first-order valence-electron chi connectivity index (χ1n) is 5.21. The molecule has 0 spiro atoms. The number of carboxylic acid groups (broad SMARTS) is 1. The minimum atomic E-state index is -1.22. The van der Waals surface area contributed by atoms with Crippen molar-refractivity contribution < 1.29 is 19.4 Å². The van der Waals surface area contributed by atoms with Gasteiger partial charge in [-0.15, -0.1) is 0 Å². The maximum atomic E-state index is 10.7. The van der Waals surface area contributed by atoms with Crippen molar-refractivity contribution in [2.45, 2.75) is 19.8 Å². The summed E-state index contributed by atoms with van der Waals surface area (Å²) in [6, 6.07) is 4.41. The monoisotopic (exact) mass is 223 g/mol. The summed E-state index contributed by atoms with van der Waals surface area (Å²) in [6.45, 7) is 2.60. The van der Waals surface area contributed by atoms with Gasteiger partial charge in [-0.3, -0.25) is 0 Å². The first kappa shape index (κ1) is 12.4. The molecule has 0 amide bonds. The van der Waals surface area contributed by atoms with Gasteiger partial charge in [0.05, 0.1) is 19.7 Å². The number of benzene rings is 1. The van der Waals surface area contributed by atoms with Crippen LogP contribution in [0.2, 0.25) is 0 Å². The third-order valence-corrected chi connectivity index (χ3v) is 2.15. The van der Waals surface area contributed by atoms with Crippen LogP contribution >= 0.6 is 0 Å². The van der Waals surface area contributed by atoms with Gasteiger partial charge in [-0.1, -0.05) is 13.3 Å². The van der Waals surface area contributed by atoms with Crippen molar-refractivity contribution in [1.29, 1.82) is 0 Å². The van der Waals surface area contributed by atoms with Crippen LogP contribution in [0.5, 0.6) is 11.5 Å². The third kappa shape index (κ3) is 3.15. The largest absolute Gasteiger partial charge is 0.545 e. The summed E-state index contributed by atoms with van der Waals surface area (Å²) in [6.07, 6.45) is 1.93. The molecule has 0 saturated carbocycles. The zero-order valence-electron chi connectivity index (χ0n) is 9.49. The number of aromatic carboxylic acids is 1. The van der Waals surface area contributed by atoms with Crippen LogP contribution in [0.1, 0.15) is 30.1 Å². The molecule has 1 aromatic rings. The number of unbranched alkanes of at least 4 members (excludes halogenated alkanes) is 1. The molecule has 0 radical (unpaired) electrons. The molecule has 1 rings (SSSR count). The number of ether oxygens (including phenoxy) is 2. The molecule has 0 N–H and O–H groups in total. The lowest BCUT2D eigenvalue weighted by Crippen LogP contribution is -2.22. The summed E-state index contributed by atoms with van der Waals surface area (Å²) in [4.78, 5) is 10.7. The normalized spacial score (nSPS) is 9.88. The van der Waals surface area contributed by atoms with Crippen LogP contribution in [0.15, 0.2) is 18.2 Å². The molecular formula is C12H15O4-. The molecule has 1 aromatic carbocycles. The average molecular weight is 223 g/mol. The molecule has 0 atom stereocenters. The van der Waals surface area contributed by atoms with Crippen LogP contribution < -0.4 is 14.6 Å². The van der Waals surface area contributed by atoms with Gasteiger partial charge >= 0.3 is 0 Å². The fourth-order valence-electron chi connectivity index (χ4n) is 1.24. The smallest absolute Gasteiger partial charge is 0.161 e. The summed E-state index contributed by atoms with van der Waals surface area (Å²) in [5.41, 5.74) is 0.0901. The van der Waals surface area contributed by atoms with Gasteiger partial charge in [-0.25, -0.2) is 0 Å². The Morgan fingerprint density at radius 1 is 1.38 bits per heavy atom. The van der Waals surface area contributed by atoms with E-state index in [1.54, 1.807) is 6.07 Å². The third-order valence-electron chi connectivity index (χ3n) is 2.15. The quantitative estimate of drug-likeness (QED) is 0.681. The second kappa shape index (κ2) is 6.00. The predicted molar refractivity (Wildman–Crippen MR) is 57.7 cm³/mol. The molecule has 0 aromatic heterocycles. The van der Waals surface area contributed by atoms with Gasteiger partial charge in [0.2, 0.25) is 0 Å². The van der Waals surface area contributed by atoms with Gasteiger partial charge in [-0.05, 0) is 24.6 Å². The number of hydrogen-bond donors (Lipinski definition) is 0. The predicted octanol–water partition coefficient (Wildman–Crippen LogP) is 1.24. The minimum Gasteiger partial charge on any atom is -0.545 e. The second-order valence-corrected chi connectivity index (χ2v) is 3.36. The minimum absolute atomic E-state index is 0.0901. The lowest BCUT2D eigenvalue weighted by Gasteiger charge is -2.12. The maximum absolute atomic E-state index is 10.7. The zero-order chi connectivity index (χ0) is 12.0. The van der Waals surface area contributed by atoms with Crippen molar-refractivity contribution in [3.8, 4) is 11.5 Å². The molecule has 0 aliphatic carbocycles. The Bertz CT molecular complexity index is 360. The molecule has 4 heteroatoms. The molecule has 88 valence electrons. The molecular weight excluding hydrogens is 208 g/mol. The van der Waals surface area contributed by atoms with Crippen LogP contribution in [0.3, 0.4) is 0 Å². The maximum Gasteiger partial charge on any atom is 0.161 e. The van der Waals surface area contributed by atoms with Crippen molar-refractivity contribution in [2.75, 3.05) is 13.7 Å². The molecule has 0 fully saturated rings. The number of carboxylic acids is 1. The summed E-state index contributed by atoms with van der Waals surface area (Å²) in [5, 5.41) is 10.7. The molecule has 0 heterocycles. The first-order valence-corrected chi connectivity index (χ1v) is 5.21. The van der Waals surface area contributed by atoms with E-state index in [1.165, 1.54) is 19.2 Å². The van der Waals surface area contributed by atoms with Crippen LogP contribution in [0, 0.1) is 0 Å². The summed E-state index contributed by atoms with van der Waals surface area (Å²) >= 11 is 0. The molecule has 16 heavy (non-hydrogen) atoms. The van der Waals surface area contributed by atoms with Gasteiger partial charge in [0.1, 0.15) is 0 Å². The number of rotatable bonds is 6. The van der Waals surface area contributed by atoms with E-state index in [-0.39, 0.29) is 5.56 Å². The summed E-state index contributed by atoms with van der Waals surface area (Å²) in [7, 11) is 1.51. The van der Waals surface area contributed by atoms with E-state index in [0.29, 0.717) is 18.1 Å². The Hall–Kier alpha value is -1.71. The second-order valence-electron chi connectivity index (χ2n) is 3.36. The topological polar surface area (TPSA) is 58.6 Å². The lowest BCUT2D eigenvalue weighted by atomic mass is 10.2. The van der Waals surface area contributed by atoms with Crippen molar-refractivity contribution in [3.63, 3.8) is 0 Å². The Kier molecular flexibility index (Phi) is 4.64. The molecule has 0 unspecified atom stereocenters. The van der Waals surface area contributed by atoms with E-state index in [0.717, 1.165) is 12.8 Å². The van der Waals surface area contributed by atoms with E-state index in [1.807, 2.05) is 0 Å². The van der Waals surface area contributed by atoms with E-state index in [4.69, 9.17) is 9.47 Å². The Morgan fingerprint density at radius 2 is 2.12 bits per heavy atom. The van der Waals surface area contributed by atoms with Gasteiger partial charge in [-0.2, -0.15) is 0 Å². The van der Waals surface area contributed by atoms with Gasteiger partial charge in [0.25, 0.3) is 0 Å². The van der Waals surface area contributed by atoms with Gasteiger partial charge in [0.15, 0.2) is 11.5 Å². The number of hydrogen-bond acceptors (Lipinski definition) is 4. The van der Waals surface area contributed by atoms with Crippen LogP contribution in [-0.4, -0.2) is 19.7 Å². The van der Waals surface area contributed by atoms with E-state index in [9.17, 15) is 9.90 Å². The fourth-order valence-corrected chi connectivity index (χ4v) is 1.24. The zero-order valence-corrected chi connectivity index (χ0v) is 9.49. The van der Waals surface area contributed by atoms with Crippen molar-refractivity contribution in [1.82, 2.24) is 0 Å². The Labute approximate surface area is 94.8 Å². The molecule has 0 bridgehead atoms. The van der Waals surface area contributed by atoms with Gasteiger partial charge in [0, 0.05) is 5.56 Å². The summed E-state index contributed by atoms with van der Waals surface area (Å²) < 4.78 is 10.5. The highest BCUT2D eigenvalue weighted by molar-refractivity contribution is 5.86. The van der Waals surface area contributed by atoms with Crippen LogP contribution in [0.4, 0.5) is 0 Å². The van der Waals surface area contributed by atoms with Gasteiger partial charge < -0.3 is 19.4 Å². The Morgan fingerprint density at radius 3 is 2.69 bits per heavy atom. The van der Waals surface area contributed by atoms with Crippen LogP contribution in [0.25, 0.3) is 0 Å². The highest BCUT2D eigenvalue weighted by atomic mass is 16.5. The lowest BCUT2D eigenvalue weighted by molar-refractivity contribution is -0.255. The highest BCUT2D eigenvalue weighted by Crippen LogP contribution is 2.28. The first-order chi connectivity index (χ1) is 7.69. The van der Waals surface area contributed by atoms with Crippen LogP contribution in [-0.2, 0) is 0 Å². The fraction of sp³-hybridized carbons (Fsp3) is 0.417. The average Bonchev–Trinajstić information content (AvgIpc) is 2.29. The van der Waals surface area contributed by atoms with E-state index >= 15 is 0 Å². The number of methoxy groups -OCH3 is 1. The van der Waals surface area contributed by atoms with E-state index < -0.39 is 5.97 Å². The number of carbonyl (C=O) groups excluding carboxylic acids is 1. The SMILES string of the molecule is CCCCOc1cc(C(=O)[O-])ccc1OC. The van der Waals surface area contributed by atoms with Crippen molar-refractivity contribution in [3.05, 3.63) is 23.8 Å². The number of carbonyl (C=O) groups is 1. The molecule has 4 nitrogen and oxygen atoms in total. The van der Waals surface area contributed by atoms with Crippen molar-refractivity contribution in [2.24, 2.45) is 0 Å². The standard InChI is InChI=1S/C12H16O4/c1-3-4-7-16-11-8-9(12(13)14)5-6-10(11)15-2/h5-6,8H,3-4,7H2,1-2H3,(H,13,14)/p-1. The van der Waals surface area contributed by atoms with E-state index in [2.05, 4.69) is 6.92 Å². The Balaban J connectivity index is 2.84. The van der Waals surface area contributed by atoms with Crippen molar-refractivity contribution >= 4 is 5.97 Å². The highest BCUT2D eigenvalue weighted by Gasteiger charge is 2.05. The molecule has 0 aliphatic heterocycles. The summed E-state index contributed by atoms with van der Waals surface area (Å²) in [5.74, 6) is -0.248. The molecule has 0 aliphatic rings. The molecule has 0 saturated heterocycles.